The SMILES string of the molecule is CN(CCC(CC(C(=O)O)C(C)(C)C)n1nc(Cc2ccc(Cl)cc2)c2ccccc2c1=O)Cc1ccccc1. The molecule has 0 fully saturated rings. The molecule has 1 aromatic heterocycles. The molecule has 0 amide bonds. The number of nitrogens with zero attached hydrogens (tertiary/aromatic N) is 3. The van der Waals surface area contributed by atoms with Gasteiger partial charge >= 0.3 is 5.97 Å². The van der Waals surface area contributed by atoms with Gasteiger partial charge in [0.25, 0.3) is 5.56 Å². The van der Waals surface area contributed by atoms with E-state index in [2.05, 4.69) is 17.0 Å². The first kappa shape index (κ1) is 29.5. The highest BCUT2D eigenvalue weighted by Gasteiger charge is 2.35. The van der Waals surface area contributed by atoms with Gasteiger partial charge in [-0.25, -0.2) is 4.68 Å². The van der Waals surface area contributed by atoms with Crippen LogP contribution in [0.3, 0.4) is 0 Å². The average molecular weight is 560 g/mol. The Morgan fingerprint density at radius 1 is 0.950 bits per heavy atom. The van der Waals surface area contributed by atoms with E-state index in [1.165, 1.54) is 5.56 Å². The lowest BCUT2D eigenvalue weighted by molar-refractivity contribution is -0.146. The first-order valence-electron chi connectivity index (χ1n) is 13.7. The van der Waals surface area contributed by atoms with Gasteiger partial charge in [0.2, 0.25) is 0 Å². The van der Waals surface area contributed by atoms with E-state index in [9.17, 15) is 14.7 Å². The molecule has 0 aliphatic carbocycles. The van der Waals surface area contributed by atoms with Crippen molar-refractivity contribution < 1.29 is 9.90 Å². The summed E-state index contributed by atoms with van der Waals surface area (Å²) in [6.45, 7) is 7.26. The molecule has 0 radical (unpaired) electrons. The maximum atomic E-state index is 13.9. The Hall–Kier alpha value is -3.48. The van der Waals surface area contributed by atoms with Crippen LogP contribution < -0.4 is 5.56 Å². The molecule has 6 nitrogen and oxygen atoms in total. The van der Waals surface area contributed by atoms with Crippen LogP contribution in [0.4, 0.5) is 0 Å². The van der Waals surface area contributed by atoms with Crippen LogP contribution in [0.25, 0.3) is 10.8 Å². The van der Waals surface area contributed by atoms with Crippen molar-refractivity contribution in [1.29, 1.82) is 0 Å². The van der Waals surface area contributed by atoms with Gasteiger partial charge in [-0.2, -0.15) is 5.10 Å². The first-order valence-corrected chi connectivity index (χ1v) is 14.1. The molecule has 2 atom stereocenters. The van der Waals surface area contributed by atoms with Crippen molar-refractivity contribution in [3.8, 4) is 0 Å². The first-order chi connectivity index (χ1) is 19.0. The topological polar surface area (TPSA) is 75.4 Å². The van der Waals surface area contributed by atoms with E-state index in [0.717, 1.165) is 23.2 Å². The highest BCUT2D eigenvalue weighted by molar-refractivity contribution is 6.30. The number of benzene rings is 3. The van der Waals surface area contributed by atoms with Gasteiger partial charge in [0, 0.05) is 29.9 Å². The third-order valence-corrected chi connectivity index (χ3v) is 7.78. The molecule has 1 heterocycles. The Kier molecular flexibility index (Phi) is 9.44. The van der Waals surface area contributed by atoms with E-state index in [0.29, 0.717) is 36.2 Å². The zero-order valence-electron chi connectivity index (χ0n) is 23.7. The normalized spacial score (nSPS) is 13.4. The standard InChI is InChI=1S/C33H38ClN3O3/c1-33(2,3)29(32(39)40)21-26(18-19-36(4)22-24-10-6-5-7-11-24)37-31(38)28-13-9-8-12-27(28)30(35-37)20-23-14-16-25(34)17-15-23/h5-17,26,29H,18-22H2,1-4H3,(H,39,40). The molecule has 0 spiro atoms. The minimum Gasteiger partial charge on any atom is -0.481 e. The summed E-state index contributed by atoms with van der Waals surface area (Å²) in [5.74, 6) is -1.50. The van der Waals surface area contributed by atoms with Crippen LogP contribution in [0, 0.1) is 11.3 Å². The second kappa shape index (κ2) is 12.8. The Bertz CT molecular complexity index is 1490. The van der Waals surface area contributed by atoms with Crippen LogP contribution in [-0.2, 0) is 17.8 Å². The van der Waals surface area contributed by atoms with Crippen LogP contribution in [0.1, 0.15) is 56.5 Å². The van der Waals surface area contributed by atoms with Crippen LogP contribution in [0.5, 0.6) is 0 Å². The molecule has 1 N–H and O–H groups in total. The largest absolute Gasteiger partial charge is 0.481 e. The van der Waals surface area contributed by atoms with Gasteiger partial charge < -0.3 is 10.0 Å². The van der Waals surface area contributed by atoms with Crippen molar-refractivity contribution in [3.63, 3.8) is 0 Å². The highest BCUT2D eigenvalue weighted by Crippen LogP contribution is 2.34. The van der Waals surface area contributed by atoms with Crippen LogP contribution in [0.15, 0.2) is 83.7 Å². The molecular formula is C33H38ClN3O3. The summed E-state index contributed by atoms with van der Waals surface area (Å²) >= 11 is 6.11. The number of fused-ring (bicyclic) bond motifs is 1. The summed E-state index contributed by atoms with van der Waals surface area (Å²) in [6.07, 6.45) is 1.43. The van der Waals surface area contributed by atoms with Crippen LogP contribution in [0.2, 0.25) is 5.02 Å². The molecule has 0 saturated heterocycles. The maximum Gasteiger partial charge on any atom is 0.307 e. The molecule has 40 heavy (non-hydrogen) atoms. The fourth-order valence-corrected chi connectivity index (χ4v) is 5.35. The summed E-state index contributed by atoms with van der Waals surface area (Å²) in [4.78, 5) is 28.5. The number of halogens is 1. The zero-order chi connectivity index (χ0) is 28.9. The van der Waals surface area contributed by atoms with Crippen molar-refractivity contribution in [2.75, 3.05) is 13.6 Å². The van der Waals surface area contributed by atoms with E-state index in [1.807, 2.05) is 94.5 Å². The third-order valence-electron chi connectivity index (χ3n) is 7.53. The fraction of sp³-hybridized carbons (Fsp3) is 0.364. The Morgan fingerprint density at radius 2 is 1.57 bits per heavy atom. The number of hydrogen-bond donors (Lipinski definition) is 1. The Balaban J connectivity index is 1.74. The van der Waals surface area contributed by atoms with Gasteiger partial charge in [0.15, 0.2) is 0 Å². The molecule has 0 bridgehead atoms. The summed E-state index contributed by atoms with van der Waals surface area (Å²) in [7, 11) is 2.05. The molecule has 0 aliphatic rings. The number of carboxylic acid groups (broad SMARTS) is 1. The van der Waals surface area contributed by atoms with Gasteiger partial charge in [-0.15, -0.1) is 0 Å². The van der Waals surface area contributed by atoms with Crippen molar-refractivity contribution in [3.05, 3.63) is 111 Å². The highest BCUT2D eigenvalue weighted by atomic mass is 35.5. The Labute approximate surface area is 241 Å². The van der Waals surface area contributed by atoms with Crippen LogP contribution >= 0.6 is 11.6 Å². The maximum absolute atomic E-state index is 13.9. The minimum atomic E-state index is -0.856. The predicted octanol–water partition coefficient (Wildman–Crippen LogP) is 6.84. The van der Waals surface area contributed by atoms with Gasteiger partial charge in [0.1, 0.15) is 0 Å². The monoisotopic (exact) mass is 559 g/mol. The summed E-state index contributed by atoms with van der Waals surface area (Å²) in [5, 5.41) is 17.2. The molecule has 4 rings (SSSR count). The van der Waals surface area contributed by atoms with E-state index in [-0.39, 0.29) is 11.6 Å². The molecule has 4 aromatic rings. The quantitative estimate of drug-likeness (QED) is 0.218. The molecular weight excluding hydrogens is 522 g/mol. The molecule has 2 unspecified atom stereocenters. The van der Waals surface area contributed by atoms with E-state index < -0.39 is 17.3 Å². The third kappa shape index (κ3) is 7.38. The minimum absolute atomic E-state index is 0.191. The predicted molar refractivity (Wildman–Crippen MR) is 162 cm³/mol. The van der Waals surface area contributed by atoms with Crippen molar-refractivity contribution in [2.24, 2.45) is 11.3 Å². The van der Waals surface area contributed by atoms with Gasteiger partial charge in [-0.1, -0.05) is 93.0 Å². The lowest BCUT2D eigenvalue weighted by atomic mass is 9.76. The average Bonchev–Trinajstić information content (AvgIpc) is 2.91. The number of aromatic nitrogens is 2. The Morgan fingerprint density at radius 3 is 2.20 bits per heavy atom. The molecule has 0 saturated carbocycles. The lowest BCUT2D eigenvalue weighted by Crippen LogP contribution is -2.36. The van der Waals surface area contributed by atoms with Crippen molar-refractivity contribution in [1.82, 2.24) is 14.7 Å². The summed E-state index contributed by atoms with van der Waals surface area (Å²) in [5.41, 5.74) is 2.34. The van der Waals surface area contributed by atoms with Gasteiger partial charge in [-0.05, 0) is 54.6 Å². The van der Waals surface area contributed by atoms with Gasteiger partial charge in [-0.3, -0.25) is 9.59 Å². The lowest BCUT2D eigenvalue weighted by Gasteiger charge is -2.32. The molecule has 3 aromatic carbocycles. The van der Waals surface area contributed by atoms with Gasteiger partial charge in [0.05, 0.1) is 23.0 Å². The van der Waals surface area contributed by atoms with Crippen molar-refractivity contribution >= 4 is 28.3 Å². The molecule has 0 aliphatic heterocycles. The summed E-state index contributed by atoms with van der Waals surface area (Å²) < 4.78 is 1.56. The van der Waals surface area contributed by atoms with E-state index in [1.54, 1.807) is 4.68 Å². The molecule has 7 heteroatoms. The second-order valence-corrected chi connectivity index (χ2v) is 12.1. The van der Waals surface area contributed by atoms with E-state index >= 15 is 0 Å². The molecule has 210 valence electrons. The number of hydrogen-bond acceptors (Lipinski definition) is 4. The zero-order valence-corrected chi connectivity index (χ0v) is 24.4. The summed E-state index contributed by atoms with van der Waals surface area (Å²) in [6, 6.07) is 25.0. The van der Waals surface area contributed by atoms with Crippen molar-refractivity contribution in [2.45, 2.75) is 52.6 Å². The number of carbonyl (C=O) groups is 1. The fourth-order valence-electron chi connectivity index (χ4n) is 5.23. The van der Waals surface area contributed by atoms with Crippen LogP contribution in [-0.4, -0.2) is 39.3 Å². The number of rotatable bonds is 11. The second-order valence-electron chi connectivity index (χ2n) is 11.7. The number of aliphatic carboxylic acids is 1. The van der Waals surface area contributed by atoms with E-state index in [4.69, 9.17) is 16.7 Å². The number of carboxylic acids is 1. The smallest absolute Gasteiger partial charge is 0.307 e.